The van der Waals surface area contributed by atoms with Crippen LogP contribution in [0.4, 0.5) is 0 Å². The molecule has 0 bridgehead atoms. The first-order chi connectivity index (χ1) is 6.63. The maximum atomic E-state index is 11.6. The minimum Gasteiger partial charge on any atom is -0.378 e. The molecule has 0 aliphatic carbocycles. The van der Waals surface area contributed by atoms with Crippen LogP contribution in [0.15, 0.2) is 0 Å². The van der Waals surface area contributed by atoms with Gasteiger partial charge >= 0.3 is 0 Å². The topological polar surface area (TPSA) is 64.3 Å². The molecule has 1 aliphatic rings. The number of hydrogen-bond acceptors (Lipinski definition) is 3. The van der Waals surface area contributed by atoms with Gasteiger partial charge in [0, 0.05) is 6.54 Å². The van der Waals surface area contributed by atoms with Crippen molar-refractivity contribution < 1.29 is 9.53 Å². The number of carbonyl (C=O) groups excluding carboxylic acids is 1. The van der Waals surface area contributed by atoms with Gasteiger partial charge in [-0.3, -0.25) is 4.79 Å². The summed E-state index contributed by atoms with van der Waals surface area (Å²) in [6.07, 6.45) is 1.06. The van der Waals surface area contributed by atoms with E-state index in [4.69, 9.17) is 10.5 Å². The average molecular weight is 200 g/mol. The number of nitrogens with one attached hydrogen (secondary N) is 1. The fourth-order valence-electron chi connectivity index (χ4n) is 1.50. The van der Waals surface area contributed by atoms with Gasteiger partial charge in [-0.2, -0.15) is 0 Å². The summed E-state index contributed by atoms with van der Waals surface area (Å²) < 4.78 is 5.33. The van der Waals surface area contributed by atoms with Crippen LogP contribution in [0.1, 0.15) is 20.3 Å². The van der Waals surface area contributed by atoms with Crippen LogP contribution in [-0.4, -0.2) is 31.7 Å². The van der Waals surface area contributed by atoms with Gasteiger partial charge in [-0.05, 0) is 25.8 Å². The molecule has 0 aromatic rings. The molecule has 1 heterocycles. The first-order valence-electron chi connectivity index (χ1n) is 5.22. The predicted octanol–water partition coefficient (Wildman–Crippen LogP) is 0.122. The van der Waals surface area contributed by atoms with Crippen molar-refractivity contribution in [3.8, 4) is 0 Å². The molecule has 1 rings (SSSR count). The van der Waals surface area contributed by atoms with Crippen LogP contribution in [-0.2, 0) is 9.53 Å². The van der Waals surface area contributed by atoms with Crippen LogP contribution in [0, 0.1) is 11.8 Å². The van der Waals surface area contributed by atoms with Crippen LogP contribution in [0.25, 0.3) is 0 Å². The second-order valence-electron chi connectivity index (χ2n) is 4.16. The molecule has 3 N–H and O–H groups in total. The van der Waals surface area contributed by atoms with Gasteiger partial charge in [0.05, 0.1) is 18.6 Å². The Hall–Kier alpha value is -0.610. The van der Waals surface area contributed by atoms with Gasteiger partial charge in [0.25, 0.3) is 0 Å². The first kappa shape index (κ1) is 11.5. The van der Waals surface area contributed by atoms with E-state index in [0.717, 1.165) is 6.42 Å². The molecule has 4 nitrogen and oxygen atoms in total. The van der Waals surface area contributed by atoms with E-state index >= 15 is 0 Å². The lowest BCUT2D eigenvalue weighted by atomic mass is 10.1. The number of hydrogen-bond donors (Lipinski definition) is 2. The molecule has 0 radical (unpaired) electrons. The van der Waals surface area contributed by atoms with E-state index in [1.54, 1.807) is 0 Å². The van der Waals surface area contributed by atoms with E-state index in [1.807, 2.05) is 13.8 Å². The van der Waals surface area contributed by atoms with Gasteiger partial charge < -0.3 is 15.8 Å². The van der Waals surface area contributed by atoms with Crippen molar-refractivity contribution in [3.63, 3.8) is 0 Å². The summed E-state index contributed by atoms with van der Waals surface area (Å²) in [6.45, 7) is 5.85. The number of rotatable bonds is 4. The third-order valence-corrected chi connectivity index (χ3v) is 2.60. The van der Waals surface area contributed by atoms with E-state index in [9.17, 15) is 4.79 Å². The summed E-state index contributed by atoms with van der Waals surface area (Å²) in [7, 11) is 0. The van der Waals surface area contributed by atoms with Crippen molar-refractivity contribution in [2.75, 3.05) is 19.7 Å². The number of ether oxygens (including phenoxy) is 1. The quantitative estimate of drug-likeness (QED) is 0.677. The zero-order valence-corrected chi connectivity index (χ0v) is 8.95. The smallest absolute Gasteiger partial charge is 0.225 e. The molecule has 0 aromatic carbocycles. The maximum absolute atomic E-state index is 11.6. The Morgan fingerprint density at radius 2 is 2.43 bits per heavy atom. The maximum Gasteiger partial charge on any atom is 0.225 e. The summed E-state index contributed by atoms with van der Waals surface area (Å²) in [6, 6.07) is 0. The van der Waals surface area contributed by atoms with Crippen LogP contribution < -0.4 is 11.1 Å². The van der Waals surface area contributed by atoms with E-state index < -0.39 is 0 Å². The molecule has 82 valence electrons. The molecule has 0 saturated carbocycles. The van der Waals surface area contributed by atoms with Crippen molar-refractivity contribution in [3.05, 3.63) is 0 Å². The van der Waals surface area contributed by atoms with Gasteiger partial charge in [0.1, 0.15) is 0 Å². The summed E-state index contributed by atoms with van der Waals surface area (Å²) in [5.41, 5.74) is 5.46. The molecular weight excluding hydrogens is 180 g/mol. The Bertz CT molecular complexity index is 197. The second kappa shape index (κ2) is 5.32. The fraction of sp³-hybridized carbons (Fsp3) is 0.900. The minimum atomic E-state index is 0.0370. The number of nitrogens with two attached hydrogens (primary N) is 1. The van der Waals surface area contributed by atoms with E-state index in [0.29, 0.717) is 25.6 Å². The van der Waals surface area contributed by atoms with Crippen molar-refractivity contribution in [2.45, 2.75) is 26.4 Å². The van der Waals surface area contributed by atoms with Crippen molar-refractivity contribution in [2.24, 2.45) is 17.6 Å². The van der Waals surface area contributed by atoms with Gasteiger partial charge in [0.2, 0.25) is 5.91 Å². The van der Waals surface area contributed by atoms with E-state index in [2.05, 4.69) is 5.32 Å². The Morgan fingerprint density at radius 1 is 1.71 bits per heavy atom. The minimum absolute atomic E-state index is 0.0370. The molecule has 1 fully saturated rings. The monoisotopic (exact) mass is 200 g/mol. The number of amides is 1. The zero-order chi connectivity index (χ0) is 10.6. The Labute approximate surface area is 85.2 Å². The highest BCUT2D eigenvalue weighted by Gasteiger charge is 2.27. The Kier molecular flexibility index (Phi) is 4.35. The third kappa shape index (κ3) is 3.27. The normalized spacial score (nSPS) is 28.8. The molecule has 1 aliphatic heterocycles. The molecule has 1 amide bonds. The van der Waals surface area contributed by atoms with Gasteiger partial charge in [-0.25, -0.2) is 0 Å². The van der Waals surface area contributed by atoms with E-state index in [1.165, 1.54) is 0 Å². The highest BCUT2D eigenvalue weighted by molar-refractivity contribution is 5.79. The zero-order valence-electron chi connectivity index (χ0n) is 8.95. The Morgan fingerprint density at radius 3 is 2.93 bits per heavy atom. The average Bonchev–Trinajstić information content (AvgIpc) is 2.60. The van der Waals surface area contributed by atoms with Crippen LogP contribution >= 0.6 is 0 Å². The lowest BCUT2D eigenvalue weighted by Crippen LogP contribution is -2.35. The summed E-state index contributed by atoms with van der Waals surface area (Å²) in [4.78, 5) is 11.6. The Balaban J connectivity index is 2.22. The third-order valence-electron chi connectivity index (χ3n) is 2.60. The largest absolute Gasteiger partial charge is 0.378 e. The van der Waals surface area contributed by atoms with Gasteiger partial charge in [0.15, 0.2) is 0 Å². The summed E-state index contributed by atoms with van der Waals surface area (Å²) in [5, 5.41) is 2.90. The van der Waals surface area contributed by atoms with Crippen LogP contribution in [0.5, 0.6) is 0 Å². The second-order valence-corrected chi connectivity index (χ2v) is 4.16. The molecule has 0 aromatic heterocycles. The molecular formula is C10H20N2O2. The standard InChI is InChI=1S/C10H20N2O2/c1-7(4-11)5-12-10(13)9-3-8(2)14-6-9/h7-9H,3-6,11H2,1-2H3,(H,12,13). The lowest BCUT2D eigenvalue weighted by Gasteiger charge is -2.12. The van der Waals surface area contributed by atoms with Crippen molar-refractivity contribution in [1.82, 2.24) is 5.32 Å². The molecule has 0 spiro atoms. The van der Waals surface area contributed by atoms with E-state index in [-0.39, 0.29) is 17.9 Å². The van der Waals surface area contributed by atoms with Crippen molar-refractivity contribution >= 4 is 5.91 Å². The van der Waals surface area contributed by atoms with Gasteiger partial charge in [-0.15, -0.1) is 0 Å². The summed E-state index contributed by atoms with van der Waals surface area (Å²) in [5.74, 6) is 0.489. The molecule has 1 saturated heterocycles. The number of carbonyl (C=O) groups is 1. The van der Waals surface area contributed by atoms with Crippen LogP contribution in [0.3, 0.4) is 0 Å². The molecule has 4 heteroatoms. The predicted molar refractivity (Wildman–Crippen MR) is 54.7 cm³/mol. The molecule has 3 unspecified atom stereocenters. The highest BCUT2D eigenvalue weighted by Crippen LogP contribution is 2.18. The van der Waals surface area contributed by atoms with Crippen LogP contribution in [0.2, 0.25) is 0 Å². The lowest BCUT2D eigenvalue weighted by molar-refractivity contribution is -0.125. The van der Waals surface area contributed by atoms with Crippen molar-refractivity contribution in [1.29, 1.82) is 0 Å². The highest BCUT2D eigenvalue weighted by atomic mass is 16.5. The molecule has 3 atom stereocenters. The van der Waals surface area contributed by atoms with Gasteiger partial charge in [-0.1, -0.05) is 6.92 Å². The SMILES string of the molecule is CC(CN)CNC(=O)C1COC(C)C1. The fourth-order valence-corrected chi connectivity index (χ4v) is 1.50. The molecule has 14 heavy (non-hydrogen) atoms. The first-order valence-corrected chi connectivity index (χ1v) is 5.22. The summed E-state index contributed by atoms with van der Waals surface area (Å²) >= 11 is 0.